The normalized spacial score (nSPS) is 11.9. The Kier molecular flexibility index (Phi) is 12.2. The summed E-state index contributed by atoms with van der Waals surface area (Å²) in [5.41, 5.74) is -19.7. The van der Waals surface area contributed by atoms with E-state index in [4.69, 9.17) is 0 Å². The Hall–Kier alpha value is -6.49. The van der Waals surface area contributed by atoms with E-state index in [1.165, 1.54) is 6.08 Å². The molecule has 6 rings (SSSR count). The van der Waals surface area contributed by atoms with Crippen LogP contribution in [0.15, 0.2) is 30.8 Å². The summed E-state index contributed by atoms with van der Waals surface area (Å²) in [5.74, 6) is -74.2. The van der Waals surface area contributed by atoms with Gasteiger partial charge in [-0.15, -0.1) is 23.6 Å². The summed E-state index contributed by atoms with van der Waals surface area (Å²) in [5, 5.41) is 0. The minimum atomic E-state index is -6.33. The first-order valence-electron chi connectivity index (χ1n) is 17.0. The van der Waals surface area contributed by atoms with E-state index < -0.39 is 197 Å². The van der Waals surface area contributed by atoms with Gasteiger partial charge < -0.3 is 0 Å². The molecule has 0 spiro atoms. The van der Waals surface area contributed by atoms with Crippen molar-refractivity contribution in [3.05, 3.63) is 181 Å². The molecule has 0 aliphatic carbocycles. The van der Waals surface area contributed by atoms with Gasteiger partial charge in [0, 0.05) is 0 Å². The summed E-state index contributed by atoms with van der Waals surface area (Å²) in [6, 6.07) is 3.74. The van der Waals surface area contributed by atoms with Crippen LogP contribution < -0.4 is 10.9 Å². The van der Waals surface area contributed by atoms with E-state index in [-0.39, 0.29) is 5.56 Å². The lowest BCUT2D eigenvalue weighted by molar-refractivity contribution is 0.370. The van der Waals surface area contributed by atoms with Crippen molar-refractivity contribution in [1.29, 1.82) is 0 Å². The first-order valence-corrected chi connectivity index (χ1v) is 17.0. The van der Waals surface area contributed by atoms with E-state index in [0.717, 1.165) is 24.3 Å². The van der Waals surface area contributed by atoms with Gasteiger partial charge in [-0.3, -0.25) is 0 Å². The van der Waals surface area contributed by atoms with Crippen molar-refractivity contribution in [2.75, 3.05) is 0 Å². The number of hydrogen-bond acceptors (Lipinski definition) is 0. The average Bonchev–Trinajstić information content (AvgIpc) is 3.27. The van der Waals surface area contributed by atoms with E-state index in [0.29, 0.717) is 0 Å². The lowest BCUT2D eigenvalue weighted by Crippen LogP contribution is -2.68. The molecule has 0 N–H and O–H groups in total. The van der Waals surface area contributed by atoms with Crippen LogP contribution in [-0.2, 0) is 12.6 Å². The van der Waals surface area contributed by atoms with Crippen LogP contribution in [0.4, 0.5) is 101 Å². The second-order valence-corrected chi connectivity index (χ2v) is 13.6. The lowest BCUT2D eigenvalue weighted by atomic mass is 9.14. The SMILES string of the molecule is C=Cc1ccc(-c2c(F)c(F)c(-c3c(F)c(F)c([B-](Cc4c(F)c(F)c(F)c(F)c4F)(Cc4c(F)c(F)c(F)c(F)c4F)c4c(F)c(F)c(F)c(F)c4F)c(F)c3F)c(F)c2F)cc1. The lowest BCUT2D eigenvalue weighted by Gasteiger charge is -2.43. The Morgan fingerprint density at radius 3 is 0.828 bits per heavy atom. The van der Waals surface area contributed by atoms with Gasteiger partial charge in [0.05, 0.1) is 22.8 Å². The smallest absolute Gasteiger partial charge is 0.200 e. The van der Waals surface area contributed by atoms with Gasteiger partial charge in [0.1, 0.15) is 23.3 Å². The predicted molar refractivity (Wildman–Crippen MR) is 178 cm³/mol. The van der Waals surface area contributed by atoms with Gasteiger partial charge in [-0.05, 0) is 22.3 Å². The van der Waals surface area contributed by atoms with Gasteiger partial charge in [-0.1, -0.05) is 36.9 Å². The fraction of sp³-hybridized carbons (Fsp3) is 0.0500. The Balaban J connectivity index is 1.85. The van der Waals surface area contributed by atoms with E-state index in [1.54, 1.807) is 0 Å². The fourth-order valence-electron chi connectivity index (χ4n) is 7.33. The van der Waals surface area contributed by atoms with Gasteiger partial charge >= 0.3 is 0 Å². The molecule has 0 fully saturated rings. The van der Waals surface area contributed by atoms with Gasteiger partial charge in [-0.25, -0.2) is 101 Å². The predicted octanol–water partition coefficient (Wildman–Crippen LogP) is 12.0. The third kappa shape index (κ3) is 6.82. The Bertz CT molecular complexity index is 2780. The number of halogens is 23. The Morgan fingerprint density at radius 1 is 0.297 bits per heavy atom. The van der Waals surface area contributed by atoms with E-state index in [9.17, 15) is 39.5 Å². The largest absolute Gasteiger partial charge is 0.207 e. The van der Waals surface area contributed by atoms with Crippen molar-refractivity contribution in [1.82, 2.24) is 0 Å². The van der Waals surface area contributed by atoms with Crippen LogP contribution in [0.2, 0.25) is 0 Å². The Morgan fingerprint density at radius 2 is 0.531 bits per heavy atom. The molecule has 6 aromatic carbocycles. The summed E-state index contributed by atoms with van der Waals surface area (Å²) >= 11 is 0. The molecule has 0 nitrogen and oxygen atoms in total. The van der Waals surface area contributed by atoms with E-state index in [2.05, 4.69) is 6.58 Å². The molecule has 336 valence electrons. The monoisotopic (exact) mass is 939 g/mol. The van der Waals surface area contributed by atoms with E-state index in [1.807, 2.05) is 0 Å². The maximum absolute atomic E-state index is 16.7. The highest BCUT2D eigenvalue weighted by Gasteiger charge is 2.47. The molecule has 24 heteroatoms. The number of rotatable bonds is 9. The molecular weight excluding hydrogens is 928 g/mol. The molecule has 0 aromatic heterocycles. The van der Waals surface area contributed by atoms with Crippen molar-refractivity contribution in [2.45, 2.75) is 12.6 Å². The molecule has 64 heavy (non-hydrogen) atoms. The molecule has 0 saturated carbocycles. The topological polar surface area (TPSA) is 0 Å². The second kappa shape index (κ2) is 16.6. The summed E-state index contributed by atoms with van der Waals surface area (Å²) in [4.78, 5) is 0. The summed E-state index contributed by atoms with van der Waals surface area (Å²) < 4.78 is 352. The fourth-order valence-corrected chi connectivity index (χ4v) is 7.33. The first kappa shape index (κ1) is 47.0. The van der Waals surface area contributed by atoms with Crippen molar-refractivity contribution >= 4 is 23.1 Å². The third-order valence-electron chi connectivity index (χ3n) is 10.3. The molecule has 0 unspecified atom stereocenters. The van der Waals surface area contributed by atoms with E-state index >= 15 is 61.5 Å². The number of benzene rings is 6. The molecule has 0 amide bonds. The standard InChI is InChI=1S/C40H11BF23/c1-2-9-3-5-10(6-4-9)13-22(46)24(48)14(25(49)23(13)47)15-26(50)28(52)16(29(53)27(15)51)41(17-30(54)36(60)40(64)37(61)31(17)55,7-11-18(42)32(56)38(62)33(57)19(11)43)8-12-20(44)34(58)39(63)35(59)21(12)45/h2-6H,1,7-8H2/q-1. The van der Waals surface area contributed by atoms with Crippen LogP contribution in [-0.4, -0.2) is 6.15 Å². The average molecular weight is 939 g/mol. The minimum Gasteiger partial charge on any atom is -0.207 e. The van der Waals surface area contributed by atoms with Crippen LogP contribution >= 0.6 is 0 Å². The maximum atomic E-state index is 16.7. The zero-order valence-corrected chi connectivity index (χ0v) is 30.3. The van der Waals surface area contributed by atoms with Crippen LogP contribution in [0, 0.1) is 134 Å². The van der Waals surface area contributed by atoms with Gasteiger partial charge in [0.2, 0.25) is 11.6 Å². The van der Waals surface area contributed by atoms with Crippen LogP contribution in [0.1, 0.15) is 16.7 Å². The highest BCUT2D eigenvalue weighted by molar-refractivity contribution is 7.01. The molecular formula is C40H11BF23-. The highest BCUT2D eigenvalue weighted by atomic mass is 19.2. The van der Waals surface area contributed by atoms with Gasteiger partial charge in [0.15, 0.2) is 98.9 Å². The third-order valence-corrected chi connectivity index (χ3v) is 10.3. The first-order chi connectivity index (χ1) is 29.8. The molecule has 0 atom stereocenters. The summed E-state index contributed by atoms with van der Waals surface area (Å²) in [6.07, 6.45) is -11.3. The molecule has 0 aliphatic heterocycles. The van der Waals surface area contributed by atoms with Crippen molar-refractivity contribution in [3.63, 3.8) is 0 Å². The quantitative estimate of drug-likeness (QED) is 0.0586. The molecule has 0 aliphatic rings. The zero-order chi connectivity index (χ0) is 47.9. The van der Waals surface area contributed by atoms with Crippen LogP contribution in [0.5, 0.6) is 0 Å². The van der Waals surface area contributed by atoms with Crippen molar-refractivity contribution in [2.24, 2.45) is 0 Å². The molecule has 6 aromatic rings. The molecule has 0 heterocycles. The van der Waals surface area contributed by atoms with Gasteiger partial charge in [-0.2, -0.15) is 0 Å². The second-order valence-electron chi connectivity index (χ2n) is 13.6. The summed E-state index contributed by atoms with van der Waals surface area (Å²) in [7, 11) is 0. The highest BCUT2D eigenvalue weighted by Crippen LogP contribution is 2.41. The molecule has 0 radical (unpaired) electrons. The van der Waals surface area contributed by atoms with Crippen molar-refractivity contribution < 1.29 is 101 Å². The maximum Gasteiger partial charge on any atom is 0.200 e. The Labute approximate surface area is 340 Å². The molecule has 0 saturated heterocycles. The minimum absolute atomic E-state index is 0.237. The summed E-state index contributed by atoms with van der Waals surface area (Å²) in [6.45, 7) is 3.37. The van der Waals surface area contributed by atoms with Crippen molar-refractivity contribution in [3.8, 4) is 22.3 Å². The van der Waals surface area contributed by atoms with Crippen LogP contribution in [0.25, 0.3) is 28.3 Å². The number of hydrogen-bond donors (Lipinski definition) is 0. The van der Waals surface area contributed by atoms with Gasteiger partial charge in [0.25, 0.3) is 0 Å². The molecule has 0 bridgehead atoms. The van der Waals surface area contributed by atoms with Crippen LogP contribution in [0.3, 0.4) is 0 Å². The zero-order valence-electron chi connectivity index (χ0n) is 30.3.